The van der Waals surface area contributed by atoms with Crippen molar-refractivity contribution < 1.29 is 0 Å². The summed E-state index contributed by atoms with van der Waals surface area (Å²) in [7, 11) is 0. The highest BCUT2D eigenvalue weighted by Crippen LogP contribution is 2.23. The van der Waals surface area contributed by atoms with Gasteiger partial charge in [-0.05, 0) is 26.2 Å². The van der Waals surface area contributed by atoms with E-state index in [-0.39, 0.29) is 5.54 Å². The Hall–Kier alpha value is -0.810. The summed E-state index contributed by atoms with van der Waals surface area (Å²) < 4.78 is 0. The van der Waals surface area contributed by atoms with Crippen LogP contribution in [0, 0.1) is 11.3 Å². The van der Waals surface area contributed by atoms with Gasteiger partial charge in [-0.2, -0.15) is 5.26 Å². The van der Waals surface area contributed by atoms with E-state index in [4.69, 9.17) is 11.0 Å². The standard InChI is InChI=1S/C8H12N2/c1-8(10)4-2-3-7(5-8)6-9/h5H,2-4,10H2,1H3. The molecule has 1 aliphatic carbocycles. The molecule has 0 bridgehead atoms. The van der Waals surface area contributed by atoms with Crippen molar-refractivity contribution in [2.75, 3.05) is 0 Å². The highest BCUT2D eigenvalue weighted by Gasteiger charge is 2.20. The van der Waals surface area contributed by atoms with E-state index < -0.39 is 0 Å². The molecule has 0 aromatic heterocycles. The minimum absolute atomic E-state index is 0.233. The first-order valence-corrected chi connectivity index (χ1v) is 3.55. The van der Waals surface area contributed by atoms with Crippen LogP contribution >= 0.6 is 0 Å². The second-order valence-electron chi connectivity index (χ2n) is 3.14. The summed E-state index contributed by atoms with van der Waals surface area (Å²) in [5.41, 5.74) is 6.43. The van der Waals surface area contributed by atoms with Gasteiger partial charge in [-0.25, -0.2) is 0 Å². The molecule has 0 amide bonds. The van der Waals surface area contributed by atoms with Crippen molar-refractivity contribution in [1.29, 1.82) is 5.26 Å². The number of hydrogen-bond donors (Lipinski definition) is 1. The average molecular weight is 136 g/mol. The Labute approximate surface area is 61.3 Å². The Bertz CT molecular complexity index is 196. The molecular weight excluding hydrogens is 124 g/mol. The van der Waals surface area contributed by atoms with E-state index >= 15 is 0 Å². The molecule has 0 aliphatic heterocycles. The highest BCUT2D eigenvalue weighted by molar-refractivity contribution is 5.27. The molecule has 2 heteroatoms. The van der Waals surface area contributed by atoms with Crippen LogP contribution in [0.2, 0.25) is 0 Å². The first-order chi connectivity index (χ1) is 4.64. The van der Waals surface area contributed by atoms with Crippen molar-refractivity contribution in [3.05, 3.63) is 11.6 Å². The van der Waals surface area contributed by atoms with Crippen molar-refractivity contribution >= 4 is 0 Å². The summed E-state index contributed by atoms with van der Waals surface area (Å²) in [6.07, 6.45) is 4.84. The number of rotatable bonds is 0. The molecule has 2 N–H and O–H groups in total. The first kappa shape index (κ1) is 7.30. The summed E-state index contributed by atoms with van der Waals surface area (Å²) >= 11 is 0. The van der Waals surface area contributed by atoms with Crippen LogP contribution in [0.3, 0.4) is 0 Å². The molecule has 2 nitrogen and oxygen atoms in total. The quantitative estimate of drug-likeness (QED) is 0.546. The molecule has 0 heterocycles. The Morgan fingerprint density at radius 3 is 2.90 bits per heavy atom. The van der Waals surface area contributed by atoms with Gasteiger partial charge in [0.1, 0.15) is 0 Å². The summed E-state index contributed by atoms with van der Waals surface area (Å²) in [4.78, 5) is 0. The zero-order valence-corrected chi connectivity index (χ0v) is 6.22. The molecule has 1 rings (SSSR count). The summed E-state index contributed by atoms with van der Waals surface area (Å²) in [6.45, 7) is 1.96. The van der Waals surface area contributed by atoms with E-state index in [9.17, 15) is 0 Å². The Morgan fingerprint density at radius 1 is 1.80 bits per heavy atom. The van der Waals surface area contributed by atoms with E-state index in [0.717, 1.165) is 24.8 Å². The Kier molecular flexibility index (Phi) is 1.78. The minimum Gasteiger partial charge on any atom is -0.322 e. The van der Waals surface area contributed by atoms with Crippen molar-refractivity contribution in [2.45, 2.75) is 31.7 Å². The molecular formula is C8H12N2. The van der Waals surface area contributed by atoms with Gasteiger partial charge < -0.3 is 5.73 Å². The fourth-order valence-corrected chi connectivity index (χ4v) is 1.29. The Morgan fingerprint density at radius 2 is 2.50 bits per heavy atom. The topological polar surface area (TPSA) is 49.8 Å². The van der Waals surface area contributed by atoms with Gasteiger partial charge in [0.2, 0.25) is 0 Å². The van der Waals surface area contributed by atoms with Gasteiger partial charge in [-0.15, -0.1) is 0 Å². The van der Waals surface area contributed by atoms with Crippen LogP contribution in [-0.2, 0) is 0 Å². The average Bonchev–Trinajstić information content (AvgIpc) is 1.86. The lowest BCUT2D eigenvalue weighted by Crippen LogP contribution is -2.35. The van der Waals surface area contributed by atoms with Gasteiger partial charge >= 0.3 is 0 Å². The van der Waals surface area contributed by atoms with Crippen molar-refractivity contribution in [1.82, 2.24) is 0 Å². The fourth-order valence-electron chi connectivity index (χ4n) is 1.29. The summed E-state index contributed by atoms with van der Waals surface area (Å²) in [5.74, 6) is 0. The number of nitrogens with two attached hydrogens (primary N) is 1. The van der Waals surface area contributed by atoms with Crippen LogP contribution in [0.25, 0.3) is 0 Å². The SMILES string of the molecule is CC1(N)C=C(C#N)CCC1. The number of hydrogen-bond acceptors (Lipinski definition) is 2. The van der Waals surface area contributed by atoms with E-state index in [1.54, 1.807) is 0 Å². The van der Waals surface area contributed by atoms with Crippen molar-refractivity contribution in [3.8, 4) is 6.07 Å². The monoisotopic (exact) mass is 136 g/mol. The van der Waals surface area contributed by atoms with Crippen LogP contribution in [0.15, 0.2) is 11.6 Å². The highest BCUT2D eigenvalue weighted by atomic mass is 14.7. The molecule has 0 saturated heterocycles. The van der Waals surface area contributed by atoms with Crippen LogP contribution < -0.4 is 5.73 Å². The number of allylic oxidation sites excluding steroid dienone is 1. The predicted molar refractivity (Wildman–Crippen MR) is 40.1 cm³/mol. The van der Waals surface area contributed by atoms with Gasteiger partial charge in [0.25, 0.3) is 0 Å². The molecule has 10 heavy (non-hydrogen) atoms. The molecule has 1 atom stereocenters. The maximum atomic E-state index is 8.55. The lowest BCUT2D eigenvalue weighted by atomic mass is 9.87. The maximum Gasteiger partial charge on any atom is 0.0944 e. The van der Waals surface area contributed by atoms with Crippen molar-refractivity contribution in [2.24, 2.45) is 5.73 Å². The van der Waals surface area contributed by atoms with Gasteiger partial charge in [0.15, 0.2) is 0 Å². The van der Waals surface area contributed by atoms with E-state index in [0.29, 0.717) is 0 Å². The minimum atomic E-state index is -0.233. The van der Waals surface area contributed by atoms with Crippen LogP contribution in [0.5, 0.6) is 0 Å². The number of nitrogens with zero attached hydrogens (tertiary/aromatic N) is 1. The molecule has 0 aromatic carbocycles. The third-order valence-electron chi connectivity index (χ3n) is 1.81. The second-order valence-corrected chi connectivity index (χ2v) is 3.14. The summed E-state index contributed by atoms with van der Waals surface area (Å²) in [5, 5.41) is 8.55. The molecule has 0 radical (unpaired) electrons. The lowest BCUT2D eigenvalue weighted by molar-refractivity contribution is 0.486. The van der Waals surface area contributed by atoms with E-state index in [1.165, 1.54) is 0 Å². The zero-order valence-electron chi connectivity index (χ0n) is 6.22. The van der Waals surface area contributed by atoms with Crippen molar-refractivity contribution in [3.63, 3.8) is 0 Å². The lowest BCUT2D eigenvalue weighted by Gasteiger charge is -2.24. The molecule has 1 unspecified atom stereocenters. The maximum absolute atomic E-state index is 8.55. The smallest absolute Gasteiger partial charge is 0.0944 e. The molecule has 0 fully saturated rings. The van der Waals surface area contributed by atoms with E-state index in [1.807, 2.05) is 13.0 Å². The predicted octanol–water partition coefficient (Wildman–Crippen LogP) is 1.34. The van der Waals surface area contributed by atoms with Crippen LogP contribution in [0.4, 0.5) is 0 Å². The number of nitriles is 1. The van der Waals surface area contributed by atoms with E-state index in [2.05, 4.69) is 6.07 Å². The Balaban J connectivity index is 2.78. The second kappa shape index (κ2) is 2.43. The zero-order chi connectivity index (χ0) is 7.61. The molecule has 0 aromatic rings. The normalized spacial score (nSPS) is 32.7. The molecule has 54 valence electrons. The van der Waals surface area contributed by atoms with Gasteiger partial charge in [0, 0.05) is 11.1 Å². The molecule has 1 aliphatic rings. The van der Waals surface area contributed by atoms with Crippen LogP contribution in [0.1, 0.15) is 26.2 Å². The third kappa shape index (κ3) is 1.58. The van der Waals surface area contributed by atoms with Crippen LogP contribution in [-0.4, -0.2) is 5.54 Å². The van der Waals surface area contributed by atoms with Gasteiger partial charge in [-0.1, -0.05) is 6.08 Å². The van der Waals surface area contributed by atoms with Gasteiger partial charge in [-0.3, -0.25) is 0 Å². The summed E-state index contributed by atoms with van der Waals surface area (Å²) in [6, 6.07) is 2.14. The molecule has 0 spiro atoms. The van der Waals surface area contributed by atoms with Gasteiger partial charge in [0.05, 0.1) is 6.07 Å². The molecule has 0 saturated carbocycles. The first-order valence-electron chi connectivity index (χ1n) is 3.55. The third-order valence-corrected chi connectivity index (χ3v) is 1.81. The fraction of sp³-hybridized carbons (Fsp3) is 0.625. The largest absolute Gasteiger partial charge is 0.322 e.